The molecule has 2 N–H and O–H groups in total. The minimum atomic E-state index is -0.390. The number of aromatic amines is 1. The van der Waals surface area contributed by atoms with Gasteiger partial charge < -0.3 is 9.72 Å². The number of esters is 1. The Morgan fingerprint density at radius 2 is 2.24 bits per heavy atom. The first-order valence-corrected chi connectivity index (χ1v) is 10.0. The molecule has 0 fully saturated rings. The van der Waals surface area contributed by atoms with E-state index in [1.165, 1.54) is 15.9 Å². The second-order valence-corrected chi connectivity index (χ2v) is 7.22. The molecule has 2 heterocycles. The second-order valence-electron chi connectivity index (χ2n) is 5.97. The Balaban J connectivity index is 1.81. The Labute approximate surface area is 174 Å². The van der Waals surface area contributed by atoms with E-state index in [4.69, 9.17) is 17.0 Å². The van der Waals surface area contributed by atoms with Crippen LogP contribution in [0, 0.1) is 4.77 Å². The zero-order valence-corrected chi connectivity index (χ0v) is 17.2. The van der Waals surface area contributed by atoms with Crippen LogP contribution >= 0.6 is 23.6 Å². The molecule has 29 heavy (non-hydrogen) atoms. The summed E-state index contributed by atoms with van der Waals surface area (Å²) < 4.78 is 6.53. The van der Waals surface area contributed by atoms with E-state index in [1.54, 1.807) is 36.6 Å². The van der Waals surface area contributed by atoms with Crippen LogP contribution in [-0.2, 0) is 22.5 Å². The molecule has 0 radical (unpaired) electrons. The first kappa shape index (κ1) is 20.6. The van der Waals surface area contributed by atoms with Gasteiger partial charge in [0.2, 0.25) is 0 Å². The second kappa shape index (κ2) is 8.93. The van der Waals surface area contributed by atoms with Gasteiger partial charge in [-0.2, -0.15) is 0 Å². The van der Waals surface area contributed by atoms with Crippen molar-refractivity contribution in [3.63, 3.8) is 0 Å². The third-order valence-electron chi connectivity index (χ3n) is 3.96. The Kier molecular flexibility index (Phi) is 6.35. The topological polar surface area (TPSA) is 106 Å². The fourth-order valence-corrected chi connectivity index (χ4v) is 3.64. The SMILES string of the molecule is C=CCn1c(=S)[nH]c2cc(C(=O)Nc3nc(CC(=O)OCC)cs3)ccc2c1=O. The lowest BCUT2D eigenvalue weighted by Gasteiger charge is -2.07. The molecule has 0 aliphatic rings. The van der Waals surface area contributed by atoms with Gasteiger partial charge in [-0.1, -0.05) is 6.08 Å². The first-order chi connectivity index (χ1) is 13.9. The van der Waals surface area contributed by atoms with E-state index >= 15 is 0 Å². The normalized spacial score (nSPS) is 10.7. The summed E-state index contributed by atoms with van der Waals surface area (Å²) in [5.74, 6) is -0.763. The number of H-pyrrole nitrogens is 1. The highest BCUT2D eigenvalue weighted by Crippen LogP contribution is 2.18. The summed E-state index contributed by atoms with van der Waals surface area (Å²) in [6, 6.07) is 4.69. The van der Waals surface area contributed by atoms with Crippen LogP contribution in [0.3, 0.4) is 0 Å². The highest BCUT2D eigenvalue weighted by Gasteiger charge is 2.13. The third kappa shape index (κ3) is 4.66. The highest BCUT2D eigenvalue weighted by molar-refractivity contribution is 7.71. The zero-order valence-electron chi connectivity index (χ0n) is 15.6. The van der Waals surface area contributed by atoms with E-state index in [0.29, 0.717) is 40.4 Å². The lowest BCUT2D eigenvalue weighted by atomic mass is 10.1. The summed E-state index contributed by atoms with van der Waals surface area (Å²) in [7, 11) is 0. The van der Waals surface area contributed by atoms with Crippen molar-refractivity contribution in [1.29, 1.82) is 0 Å². The van der Waals surface area contributed by atoms with Crippen molar-refractivity contribution < 1.29 is 14.3 Å². The number of nitrogens with zero attached hydrogens (tertiary/aromatic N) is 2. The number of fused-ring (bicyclic) bond motifs is 1. The number of rotatable bonds is 7. The number of amides is 1. The van der Waals surface area contributed by atoms with Crippen molar-refractivity contribution in [2.75, 3.05) is 11.9 Å². The maximum absolute atomic E-state index is 12.6. The van der Waals surface area contributed by atoms with Gasteiger partial charge in [0.15, 0.2) is 9.90 Å². The maximum atomic E-state index is 12.6. The van der Waals surface area contributed by atoms with Gasteiger partial charge in [0.25, 0.3) is 11.5 Å². The van der Waals surface area contributed by atoms with Gasteiger partial charge in [-0.15, -0.1) is 17.9 Å². The molecule has 0 spiro atoms. The number of aromatic nitrogens is 3. The fraction of sp³-hybridized carbons (Fsp3) is 0.211. The van der Waals surface area contributed by atoms with Crippen molar-refractivity contribution >= 4 is 51.5 Å². The Hall–Kier alpha value is -3.11. The Bertz CT molecular complexity index is 1210. The van der Waals surface area contributed by atoms with Crippen LogP contribution in [0.1, 0.15) is 23.0 Å². The van der Waals surface area contributed by atoms with Crippen LogP contribution in [0.15, 0.2) is 41.0 Å². The van der Waals surface area contributed by atoms with Crippen LogP contribution in [0.2, 0.25) is 0 Å². The number of carbonyl (C=O) groups is 2. The molecule has 3 aromatic rings. The van der Waals surface area contributed by atoms with Crippen LogP contribution in [-0.4, -0.2) is 33.0 Å². The average molecular weight is 431 g/mol. The van der Waals surface area contributed by atoms with Crippen LogP contribution in [0.5, 0.6) is 0 Å². The van der Waals surface area contributed by atoms with Crippen LogP contribution in [0.25, 0.3) is 10.9 Å². The number of nitrogens with one attached hydrogen (secondary N) is 2. The van der Waals surface area contributed by atoms with Crippen molar-refractivity contribution in [2.45, 2.75) is 19.9 Å². The number of ether oxygens (including phenoxy) is 1. The van der Waals surface area contributed by atoms with Gasteiger partial charge in [-0.05, 0) is 37.3 Å². The highest BCUT2D eigenvalue weighted by atomic mass is 32.1. The van der Waals surface area contributed by atoms with Gasteiger partial charge in [0, 0.05) is 17.5 Å². The van der Waals surface area contributed by atoms with Crippen molar-refractivity contribution in [3.05, 3.63) is 62.6 Å². The van der Waals surface area contributed by atoms with E-state index in [9.17, 15) is 14.4 Å². The van der Waals surface area contributed by atoms with Crippen molar-refractivity contribution in [2.24, 2.45) is 0 Å². The van der Waals surface area contributed by atoms with E-state index in [2.05, 4.69) is 21.9 Å². The summed E-state index contributed by atoms with van der Waals surface area (Å²) in [5, 5.41) is 5.16. The van der Waals surface area contributed by atoms with Gasteiger partial charge in [0.1, 0.15) is 0 Å². The summed E-state index contributed by atoms with van der Waals surface area (Å²) in [6.45, 7) is 5.95. The molecule has 0 unspecified atom stereocenters. The first-order valence-electron chi connectivity index (χ1n) is 8.72. The number of anilines is 1. The number of hydrogen-bond donors (Lipinski definition) is 2. The quantitative estimate of drug-likeness (QED) is 0.339. The van der Waals surface area contributed by atoms with E-state index in [-0.39, 0.29) is 22.7 Å². The molecule has 8 nitrogen and oxygen atoms in total. The van der Waals surface area contributed by atoms with Crippen LogP contribution < -0.4 is 10.9 Å². The molecule has 0 aliphatic carbocycles. The number of thiazole rings is 1. The molecule has 1 amide bonds. The summed E-state index contributed by atoms with van der Waals surface area (Å²) in [5.41, 5.74) is 1.08. The van der Waals surface area contributed by atoms with Gasteiger partial charge in [-0.25, -0.2) is 4.98 Å². The molecule has 0 saturated heterocycles. The number of carbonyl (C=O) groups excluding carboxylic acids is 2. The molecule has 0 bridgehead atoms. The Morgan fingerprint density at radius 1 is 1.45 bits per heavy atom. The molecule has 0 atom stereocenters. The van der Waals surface area contributed by atoms with Gasteiger partial charge in [0.05, 0.1) is 29.6 Å². The van der Waals surface area contributed by atoms with Gasteiger partial charge in [-0.3, -0.25) is 24.3 Å². The molecule has 0 saturated carbocycles. The molecule has 2 aromatic heterocycles. The predicted molar refractivity (Wildman–Crippen MR) is 114 cm³/mol. The molecular formula is C19H18N4O4S2. The van der Waals surface area contributed by atoms with E-state index < -0.39 is 5.91 Å². The number of benzene rings is 1. The predicted octanol–water partition coefficient (Wildman–Crippen LogP) is 3.06. The largest absolute Gasteiger partial charge is 0.466 e. The molecule has 10 heteroatoms. The minimum Gasteiger partial charge on any atom is -0.466 e. The molecule has 3 rings (SSSR count). The zero-order chi connectivity index (χ0) is 21.0. The summed E-state index contributed by atoms with van der Waals surface area (Å²) >= 11 is 6.43. The van der Waals surface area contributed by atoms with Gasteiger partial charge >= 0.3 is 5.97 Å². The number of hydrogen-bond acceptors (Lipinski definition) is 7. The molecule has 0 aliphatic heterocycles. The minimum absolute atomic E-state index is 0.0454. The monoisotopic (exact) mass is 430 g/mol. The Morgan fingerprint density at radius 3 is 2.97 bits per heavy atom. The lowest BCUT2D eigenvalue weighted by molar-refractivity contribution is -0.142. The van der Waals surface area contributed by atoms with E-state index in [0.717, 1.165) is 0 Å². The lowest BCUT2D eigenvalue weighted by Crippen LogP contribution is -2.22. The molecule has 150 valence electrons. The molecular weight excluding hydrogens is 412 g/mol. The van der Waals surface area contributed by atoms with E-state index in [1.807, 2.05) is 0 Å². The van der Waals surface area contributed by atoms with Crippen molar-refractivity contribution in [1.82, 2.24) is 14.5 Å². The van der Waals surface area contributed by atoms with Crippen molar-refractivity contribution in [3.8, 4) is 0 Å². The summed E-state index contributed by atoms with van der Waals surface area (Å²) in [4.78, 5) is 43.8. The van der Waals surface area contributed by atoms with Crippen LogP contribution in [0.4, 0.5) is 5.13 Å². The standard InChI is InChI=1S/C19H18N4O4S2/c1-3-7-23-17(26)13-6-5-11(8-14(13)21-19(23)28)16(25)22-18-20-12(10-29-18)9-15(24)27-4-2/h3,5-6,8,10H,1,4,7,9H2,2H3,(H,21,28)(H,20,22,25). The number of allylic oxidation sites excluding steroid dienone is 1. The smallest absolute Gasteiger partial charge is 0.311 e. The molecule has 1 aromatic carbocycles. The fourth-order valence-electron chi connectivity index (χ4n) is 2.67. The average Bonchev–Trinajstić information content (AvgIpc) is 3.11. The summed E-state index contributed by atoms with van der Waals surface area (Å²) in [6.07, 6.45) is 1.63. The third-order valence-corrected chi connectivity index (χ3v) is 5.09. The maximum Gasteiger partial charge on any atom is 0.311 e.